The van der Waals surface area contributed by atoms with Crippen molar-refractivity contribution in [3.05, 3.63) is 0 Å². The fourth-order valence-corrected chi connectivity index (χ4v) is 8.60. The number of hydrogen-bond donors (Lipinski definition) is 0. The van der Waals surface area contributed by atoms with Gasteiger partial charge in [-0.1, -0.05) is 209 Å². The van der Waals surface area contributed by atoms with E-state index >= 15 is 0 Å². The van der Waals surface area contributed by atoms with Crippen molar-refractivity contribution < 1.29 is 9.53 Å². The van der Waals surface area contributed by atoms with Gasteiger partial charge < -0.3 is 4.74 Å². The van der Waals surface area contributed by atoms with Crippen LogP contribution in [0.4, 0.5) is 0 Å². The molecule has 0 saturated carbocycles. The number of carbonyl (C=O) groups excluding carboxylic acids is 1. The number of hydrogen-bond acceptors (Lipinski definition) is 2. The van der Waals surface area contributed by atoms with E-state index in [1.54, 1.807) is 0 Å². The van der Waals surface area contributed by atoms with Crippen LogP contribution in [0.2, 0.25) is 0 Å². The topological polar surface area (TPSA) is 26.3 Å². The van der Waals surface area contributed by atoms with E-state index in [-0.39, 0.29) is 0 Å². The predicted octanol–water partition coefficient (Wildman–Crippen LogP) is 12.9. The molecule has 0 aliphatic carbocycles. The van der Waals surface area contributed by atoms with Crippen LogP contribution in [0.5, 0.6) is 0 Å². The summed E-state index contributed by atoms with van der Waals surface area (Å²) in [7, 11) is 0. The Morgan fingerprint density at radius 1 is 0.676 bits per heavy atom. The van der Waals surface area contributed by atoms with Gasteiger partial charge in [0.05, 0.1) is 0 Å². The monoisotopic (exact) mass is 1060 g/mol. The van der Waals surface area contributed by atoms with Gasteiger partial charge >= 0.3 is 5.97 Å². The minimum atomic E-state index is -1.27. The third-order valence-electron chi connectivity index (χ3n) is 5.80. The number of esters is 1. The Kier molecular flexibility index (Phi) is 19.5. The van der Waals surface area contributed by atoms with Crippen molar-refractivity contribution in [2.45, 2.75) is 117 Å². The zero-order chi connectivity index (χ0) is 26.7. The molecule has 0 spiro atoms. The van der Waals surface area contributed by atoms with E-state index in [0.29, 0.717) is 5.33 Å². The zero-order valence-corrected chi connectivity index (χ0v) is 34.4. The van der Waals surface area contributed by atoms with E-state index in [2.05, 4.69) is 150 Å². The standard InChI is InChI=1S/C23H37Br9O2/c1-4-5-6-7-8-9-10-11-12-13-14-15-16-20(25,26)22(29,30)21(27,28)18(33)34-23(31,32)19(2,3)17-24/h4-17H2,1-3H3. The number of ether oxygens (including phenoxy) is 1. The first-order valence-electron chi connectivity index (χ1n) is 11.8. The number of rotatable bonds is 19. The van der Waals surface area contributed by atoms with Gasteiger partial charge in [0.1, 0.15) is 6.47 Å². The van der Waals surface area contributed by atoms with Crippen LogP contribution in [0.1, 0.15) is 104 Å². The Hall–Kier alpha value is 3.79. The molecule has 0 unspecified atom stereocenters. The van der Waals surface area contributed by atoms with Crippen molar-refractivity contribution in [3.8, 4) is 0 Å². The molecular formula is C23H37Br9O2. The van der Waals surface area contributed by atoms with Crippen LogP contribution in [0.15, 0.2) is 0 Å². The van der Waals surface area contributed by atoms with Crippen molar-refractivity contribution in [2.75, 3.05) is 5.33 Å². The van der Waals surface area contributed by atoms with Gasteiger partial charge in [-0.15, -0.1) is 0 Å². The lowest BCUT2D eigenvalue weighted by Crippen LogP contribution is -2.54. The van der Waals surface area contributed by atoms with Crippen LogP contribution in [0.25, 0.3) is 0 Å². The second-order valence-corrected chi connectivity index (χ2v) is 23.9. The molecule has 0 atom stereocenters. The molecule has 0 heterocycles. The maximum absolute atomic E-state index is 13.2. The highest BCUT2D eigenvalue weighted by Gasteiger charge is 2.63. The fraction of sp³-hybridized carbons (Fsp3) is 0.957. The summed E-state index contributed by atoms with van der Waals surface area (Å²) >= 11 is 32.7. The summed E-state index contributed by atoms with van der Waals surface area (Å²) in [4.78, 5) is 13.2. The molecule has 204 valence electrons. The number of alkyl halides is 9. The van der Waals surface area contributed by atoms with E-state index in [0.717, 1.165) is 19.3 Å². The first kappa shape index (κ1) is 37.8. The van der Waals surface area contributed by atoms with Crippen LogP contribution in [-0.4, -0.2) is 24.4 Å². The third-order valence-corrected chi connectivity index (χ3v) is 20.3. The van der Waals surface area contributed by atoms with Crippen molar-refractivity contribution in [1.29, 1.82) is 0 Å². The summed E-state index contributed by atoms with van der Waals surface area (Å²) in [6, 6.07) is 0. The van der Waals surface area contributed by atoms with Gasteiger partial charge in [-0.25, -0.2) is 4.79 Å². The highest BCUT2D eigenvalue weighted by atomic mass is 79.9. The van der Waals surface area contributed by atoms with Gasteiger partial charge in [-0.2, -0.15) is 0 Å². The van der Waals surface area contributed by atoms with E-state index < -0.39 is 24.5 Å². The van der Waals surface area contributed by atoms with Gasteiger partial charge in [0.15, 0.2) is 0 Å². The quantitative estimate of drug-likeness (QED) is 0.0732. The number of unbranched alkanes of at least 4 members (excludes halogenated alkanes) is 11. The molecule has 0 fully saturated rings. The summed E-state index contributed by atoms with van der Waals surface area (Å²) in [5, 5.41) is 0.620. The first-order valence-corrected chi connectivity index (χ1v) is 19.3. The van der Waals surface area contributed by atoms with Gasteiger partial charge in [0.2, 0.25) is 6.65 Å². The van der Waals surface area contributed by atoms with Crippen molar-refractivity contribution >= 4 is 149 Å². The smallest absolute Gasteiger partial charge is 0.338 e. The molecule has 11 heteroatoms. The van der Waals surface area contributed by atoms with E-state index in [9.17, 15) is 4.79 Å². The highest BCUT2D eigenvalue weighted by Crippen LogP contribution is 2.62. The van der Waals surface area contributed by atoms with Crippen LogP contribution >= 0.6 is 143 Å². The molecule has 0 radical (unpaired) electrons. The van der Waals surface area contributed by atoms with Crippen molar-refractivity contribution in [2.24, 2.45) is 5.41 Å². The molecule has 0 aliphatic rings. The number of halogens is 9. The molecule has 0 saturated heterocycles. The van der Waals surface area contributed by atoms with Crippen molar-refractivity contribution in [3.63, 3.8) is 0 Å². The van der Waals surface area contributed by atoms with Crippen LogP contribution in [0, 0.1) is 5.41 Å². The lowest BCUT2D eigenvalue weighted by molar-refractivity contribution is -0.149. The molecule has 0 amide bonds. The summed E-state index contributed by atoms with van der Waals surface area (Å²) in [5.41, 5.74) is -0.408. The Morgan fingerprint density at radius 2 is 1.06 bits per heavy atom. The SMILES string of the molecule is CCCCCCCCCCCCCCC(Br)(Br)C(Br)(Br)C(Br)(Br)C(=O)OC(Br)(Br)C(C)(C)CBr. The molecule has 0 aliphatic heterocycles. The second-order valence-electron chi connectivity index (χ2n) is 9.42. The predicted molar refractivity (Wildman–Crippen MR) is 182 cm³/mol. The summed E-state index contributed by atoms with van der Waals surface area (Å²) < 4.78 is 1.94. The van der Waals surface area contributed by atoms with E-state index in [1.807, 2.05) is 13.8 Å². The van der Waals surface area contributed by atoms with Gasteiger partial charge in [0.25, 0.3) is 0 Å². The molecular weight excluding hydrogens is 1030 g/mol. The van der Waals surface area contributed by atoms with E-state index in [1.165, 1.54) is 64.2 Å². The Morgan fingerprint density at radius 3 is 1.44 bits per heavy atom. The summed E-state index contributed by atoms with van der Waals surface area (Å²) in [5.74, 6) is -0.498. The van der Waals surface area contributed by atoms with Crippen LogP contribution in [0.3, 0.4) is 0 Å². The van der Waals surface area contributed by atoms with Crippen LogP contribution < -0.4 is 0 Å². The maximum Gasteiger partial charge on any atom is 0.338 e. The molecule has 2 nitrogen and oxygen atoms in total. The summed E-state index contributed by atoms with van der Waals surface area (Å²) in [6.07, 6.45) is 16.4. The third kappa shape index (κ3) is 12.1. The molecule has 0 bridgehead atoms. The lowest BCUT2D eigenvalue weighted by atomic mass is 9.98. The molecule has 0 N–H and O–H groups in total. The molecule has 0 aromatic rings. The minimum Gasteiger partial charge on any atom is -0.435 e. The minimum absolute atomic E-state index is 0.408. The zero-order valence-electron chi connectivity index (χ0n) is 20.1. The van der Waals surface area contributed by atoms with E-state index in [4.69, 9.17) is 4.74 Å². The largest absolute Gasteiger partial charge is 0.435 e. The Balaban J connectivity index is 4.61. The van der Waals surface area contributed by atoms with Gasteiger partial charge in [-0.05, 0) is 38.3 Å². The van der Waals surface area contributed by atoms with Gasteiger partial charge in [0, 0.05) is 10.7 Å². The second kappa shape index (κ2) is 17.6. The fourth-order valence-electron chi connectivity index (χ4n) is 3.10. The molecule has 0 aromatic carbocycles. The first-order chi connectivity index (χ1) is 15.5. The average molecular weight is 1060 g/mol. The van der Waals surface area contributed by atoms with Gasteiger partial charge in [-0.3, -0.25) is 0 Å². The maximum atomic E-state index is 13.2. The normalized spacial score (nSPS) is 13.9. The Bertz CT molecular complexity index is 593. The summed E-state index contributed by atoms with van der Waals surface area (Å²) in [6.45, 7) is 6.22. The molecule has 0 aromatic heterocycles. The Labute approximate surface area is 283 Å². The lowest BCUT2D eigenvalue weighted by Gasteiger charge is -2.44. The van der Waals surface area contributed by atoms with Crippen LogP contribution in [-0.2, 0) is 9.53 Å². The van der Waals surface area contributed by atoms with Crippen molar-refractivity contribution in [1.82, 2.24) is 0 Å². The number of carbonyl (C=O) groups is 1. The highest BCUT2D eigenvalue weighted by molar-refractivity contribution is 9.33. The average Bonchev–Trinajstić information content (AvgIpc) is 2.73. The molecule has 0 rings (SSSR count). The molecule has 34 heavy (non-hydrogen) atoms.